The topological polar surface area (TPSA) is 70.1 Å². The largest absolute Gasteiger partial charge is 0.322 e. The molecule has 2 N–H and O–H groups in total. The fourth-order valence-corrected chi connectivity index (χ4v) is 3.43. The van der Waals surface area contributed by atoms with Crippen molar-refractivity contribution >= 4 is 5.91 Å². The van der Waals surface area contributed by atoms with Gasteiger partial charge in [0.1, 0.15) is 23.8 Å². The van der Waals surface area contributed by atoms with Crippen LogP contribution in [0.15, 0.2) is 48.5 Å². The molecule has 3 rings (SSSR count). The van der Waals surface area contributed by atoms with E-state index in [1.165, 1.54) is 48.5 Å². The molecule has 1 amide bonds. The molecule has 140 valence electrons. The molecule has 2 aromatic rings. The number of alkyl halides is 1. The van der Waals surface area contributed by atoms with Gasteiger partial charge < -0.3 is 10.6 Å². The van der Waals surface area contributed by atoms with E-state index < -0.39 is 41.7 Å². The summed E-state index contributed by atoms with van der Waals surface area (Å²) in [6.45, 7) is -0.190. The van der Waals surface area contributed by atoms with Crippen LogP contribution in [0.25, 0.3) is 0 Å². The second kappa shape index (κ2) is 7.80. The van der Waals surface area contributed by atoms with Crippen LogP contribution in [0, 0.1) is 23.0 Å². The number of carbonyl (C=O) groups excluding carboxylic acids is 1. The highest BCUT2D eigenvalue weighted by Gasteiger charge is 2.40. The molecule has 0 bridgehead atoms. The minimum atomic E-state index is -1.28. The van der Waals surface area contributed by atoms with E-state index in [0.717, 1.165) is 4.90 Å². The second-order valence-electron chi connectivity index (χ2n) is 6.58. The third kappa shape index (κ3) is 3.96. The molecule has 3 atom stereocenters. The highest BCUT2D eigenvalue weighted by molar-refractivity contribution is 5.84. The first kappa shape index (κ1) is 18.9. The van der Waals surface area contributed by atoms with Gasteiger partial charge in [-0.1, -0.05) is 24.3 Å². The summed E-state index contributed by atoms with van der Waals surface area (Å²) in [6.07, 6.45) is -1.33. The Morgan fingerprint density at radius 3 is 2.00 bits per heavy atom. The van der Waals surface area contributed by atoms with Gasteiger partial charge in [0.15, 0.2) is 0 Å². The van der Waals surface area contributed by atoms with E-state index in [2.05, 4.69) is 0 Å². The van der Waals surface area contributed by atoms with Crippen LogP contribution in [0.1, 0.15) is 23.5 Å². The number of nitrogens with two attached hydrogens (primary N) is 1. The van der Waals surface area contributed by atoms with Crippen molar-refractivity contribution in [3.8, 4) is 6.07 Å². The lowest BCUT2D eigenvalue weighted by Crippen LogP contribution is -2.49. The number of rotatable bonds is 4. The quantitative estimate of drug-likeness (QED) is 0.896. The van der Waals surface area contributed by atoms with Crippen molar-refractivity contribution < 1.29 is 18.0 Å². The first-order valence-electron chi connectivity index (χ1n) is 8.51. The summed E-state index contributed by atoms with van der Waals surface area (Å²) in [5.74, 6) is -2.15. The number of hydrogen-bond acceptors (Lipinski definition) is 3. The van der Waals surface area contributed by atoms with Gasteiger partial charge in [0.05, 0.1) is 18.7 Å². The van der Waals surface area contributed by atoms with E-state index in [-0.39, 0.29) is 13.0 Å². The Morgan fingerprint density at radius 2 is 1.56 bits per heavy atom. The molecule has 1 heterocycles. The molecule has 1 aliphatic rings. The van der Waals surface area contributed by atoms with E-state index in [9.17, 15) is 23.2 Å². The highest BCUT2D eigenvalue weighted by Crippen LogP contribution is 2.30. The van der Waals surface area contributed by atoms with Crippen LogP contribution in [0.5, 0.6) is 0 Å². The summed E-state index contributed by atoms with van der Waals surface area (Å²) in [5, 5.41) is 9.18. The van der Waals surface area contributed by atoms with Gasteiger partial charge in [0.2, 0.25) is 5.91 Å². The number of halogens is 3. The molecule has 27 heavy (non-hydrogen) atoms. The molecule has 0 spiro atoms. The number of carbonyl (C=O) groups is 1. The summed E-state index contributed by atoms with van der Waals surface area (Å²) in [5.41, 5.74) is 7.36. The zero-order chi connectivity index (χ0) is 19.6. The minimum absolute atomic E-state index is 0.0489. The molecular formula is C20H18F3N3O. The van der Waals surface area contributed by atoms with Crippen LogP contribution < -0.4 is 5.73 Å². The van der Waals surface area contributed by atoms with Gasteiger partial charge in [0.25, 0.3) is 0 Å². The normalized spacial score (nSPS) is 20.5. The Hall–Kier alpha value is -2.85. The van der Waals surface area contributed by atoms with Crippen molar-refractivity contribution in [2.75, 3.05) is 6.54 Å². The maximum Gasteiger partial charge on any atom is 0.241 e. The molecule has 1 unspecified atom stereocenters. The van der Waals surface area contributed by atoms with E-state index in [0.29, 0.717) is 11.1 Å². The molecule has 0 saturated carbocycles. The zero-order valence-corrected chi connectivity index (χ0v) is 14.4. The summed E-state index contributed by atoms with van der Waals surface area (Å²) < 4.78 is 40.3. The van der Waals surface area contributed by atoms with Crippen molar-refractivity contribution in [3.05, 3.63) is 71.3 Å². The Balaban J connectivity index is 1.96. The molecule has 2 aromatic carbocycles. The average Bonchev–Trinajstić information content (AvgIpc) is 3.05. The number of nitriles is 1. The van der Waals surface area contributed by atoms with Gasteiger partial charge in [-0.05, 0) is 35.4 Å². The lowest BCUT2D eigenvalue weighted by molar-refractivity contribution is -0.133. The maximum absolute atomic E-state index is 13.7. The van der Waals surface area contributed by atoms with Crippen LogP contribution in [-0.2, 0) is 4.79 Å². The summed E-state index contributed by atoms with van der Waals surface area (Å²) in [6, 6.07) is 10.9. The fourth-order valence-electron chi connectivity index (χ4n) is 3.43. The predicted molar refractivity (Wildman–Crippen MR) is 93.2 cm³/mol. The first-order chi connectivity index (χ1) is 12.9. The summed E-state index contributed by atoms with van der Waals surface area (Å²) in [4.78, 5) is 14.1. The molecule has 0 aliphatic carbocycles. The predicted octanol–water partition coefficient (Wildman–Crippen LogP) is 2.89. The average molecular weight is 373 g/mol. The van der Waals surface area contributed by atoms with Crippen molar-refractivity contribution in [1.29, 1.82) is 5.26 Å². The molecule has 0 aromatic heterocycles. The highest BCUT2D eigenvalue weighted by atomic mass is 19.1. The van der Waals surface area contributed by atoms with Gasteiger partial charge in [-0.3, -0.25) is 4.79 Å². The van der Waals surface area contributed by atoms with Gasteiger partial charge in [-0.15, -0.1) is 0 Å². The fraction of sp³-hybridized carbons (Fsp3) is 0.300. The SMILES string of the molecule is N#CC1C[C@H](F)CN1C(=O)[C@@H](N)C(c1ccc(F)cc1)c1ccc(F)cc1. The third-order valence-corrected chi connectivity index (χ3v) is 4.78. The standard InChI is InChI=1S/C20H18F3N3O/c21-14-5-1-12(2-6-14)18(13-3-7-15(22)8-4-13)19(25)20(27)26-11-16(23)9-17(26)10-24/h1-8,16-19H,9,11,25H2/t16-,17?,19-/m0/s1. The summed E-state index contributed by atoms with van der Waals surface area (Å²) >= 11 is 0. The lowest BCUT2D eigenvalue weighted by Gasteiger charge is -2.29. The second-order valence-corrected chi connectivity index (χ2v) is 6.58. The third-order valence-electron chi connectivity index (χ3n) is 4.78. The van der Waals surface area contributed by atoms with Gasteiger partial charge in [-0.2, -0.15) is 5.26 Å². The van der Waals surface area contributed by atoms with Crippen LogP contribution in [-0.4, -0.2) is 35.6 Å². The van der Waals surface area contributed by atoms with E-state index in [1.807, 2.05) is 6.07 Å². The minimum Gasteiger partial charge on any atom is -0.322 e. The summed E-state index contributed by atoms with van der Waals surface area (Å²) in [7, 11) is 0. The maximum atomic E-state index is 13.7. The van der Waals surface area contributed by atoms with Crippen LogP contribution in [0.3, 0.4) is 0 Å². The van der Waals surface area contributed by atoms with E-state index >= 15 is 0 Å². The number of benzene rings is 2. The zero-order valence-electron chi connectivity index (χ0n) is 14.4. The van der Waals surface area contributed by atoms with Gasteiger partial charge in [0, 0.05) is 12.3 Å². The Labute approximate surface area is 155 Å². The number of amides is 1. The van der Waals surface area contributed by atoms with Crippen molar-refractivity contribution in [3.63, 3.8) is 0 Å². The van der Waals surface area contributed by atoms with Crippen LogP contribution >= 0.6 is 0 Å². The smallest absolute Gasteiger partial charge is 0.241 e. The van der Waals surface area contributed by atoms with Crippen molar-refractivity contribution in [2.24, 2.45) is 5.73 Å². The van der Waals surface area contributed by atoms with E-state index in [1.54, 1.807) is 0 Å². The Morgan fingerprint density at radius 1 is 1.07 bits per heavy atom. The molecule has 4 nitrogen and oxygen atoms in total. The monoisotopic (exact) mass is 373 g/mol. The Bertz CT molecular complexity index is 803. The van der Waals surface area contributed by atoms with Crippen LogP contribution in [0.2, 0.25) is 0 Å². The Kier molecular flexibility index (Phi) is 5.47. The van der Waals surface area contributed by atoms with Crippen molar-refractivity contribution in [1.82, 2.24) is 4.90 Å². The van der Waals surface area contributed by atoms with E-state index in [4.69, 9.17) is 5.73 Å². The van der Waals surface area contributed by atoms with Crippen molar-refractivity contribution in [2.45, 2.75) is 30.6 Å². The molecule has 1 saturated heterocycles. The molecule has 1 aliphatic heterocycles. The molecule has 1 fully saturated rings. The molecular weight excluding hydrogens is 355 g/mol. The molecule has 0 radical (unpaired) electrons. The number of likely N-dealkylation sites (tertiary alicyclic amines) is 1. The lowest BCUT2D eigenvalue weighted by atomic mass is 9.84. The molecule has 7 heteroatoms. The number of nitrogens with zero attached hydrogens (tertiary/aromatic N) is 2. The first-order valence-corrected chi connectivity index (χ1v) is 8.51. The van der Waals surface area contributed by atoms with Gasteiger partial charge >= 0.3 is 0 Å². The number of hydrogen-bond donors (Lipinski definition) is 1. The van der Waals surface area contributed by atoms with Gasteiger partial charge in [-0.25, -0.2) is 13.2 Å². The van der Waals surface area contributed by atoms with Crippen LogP contribution in [0.4, 0.5) is 13.2 Å².